The number of carbonyl (C=O) groups excluding carboxylic acids is 2. The van der Waals surface area contributed by atoms with Gasteiger partial charge in [0.2, 0.25) is 17.8 Å². The van der Waals surface area contributed by atoms with Gasteiger partial charge in [-0.15, -0.1) is 10.2 Å². The summed E-state index contributed by atoms with van der Waals surface area (Å²) in [5.74, 6) is 1.23. The number of aromatic nitrogens is 3. The molecule has 2 amide bonds. The molecule has 1 aromatic carbocycles. The maximum absolute atomic E-state index is 12.5. The molecule has 0 bridgehead atoms. The van der Waals surface area contributed by atoms with E-state index in [9.17, 15) is 9.59 Å². The van der Waals surface area contributed by atoms with Crippen molar-refractivity contribution in [3.63, 3.8) is 0 Å². The molecule has 1 aliphatic heterocycles. The predicted octanol–water partition coefficient (Wildman–Crippen LogP) is 3.68. The Labute approximate surface area is 209 Å². The summed E-state index contributed by atoms with van der Waals surface area (Å²) in [5.41, 5.74) is 3.93. The Hall–Kier alpha value is -3.27. The predicted molar refractivity (Wildman–Crippen MR) is 137 cm³/mol. The Bertz CT molecular complexity index is 1150. The number of thioether (sulfide) groups is 1. The van der Waals surface area contributed by atoms with Crippen LogP contribution in [0.5, 0.6) is 0 Å². The Kier molecular flexibility index (Phi) is 8.12. The molecule has 2 N–H and O–H groups in total. The fourth-order valence-corrected chi connectivity index (χ4v) is 5.10. The summed E-state index contributed by atoms with van der Waals surface area (Å²) in [5, 5.41) is 15.0. The van der Waals surface area contributed by atoms with Crippen LogP contribution in [0.4, 0.5) is 11.6 Å². The zero-order chi connectivity index (χ0) is 24.8. The van der Waals surface area contributed by atoms with Crippen LogP contribution in [-0.2, 0) is 16.1 Å². The lowest BCUT2D eigenvalue weighted by molar-refractivity contribution is -0.122. The first-order valence-electron chi connectivity index (χ1n) is 11.9. The van der Waals surface area contributed by atoms with Gasteiger partial charge in [0.15, 0.2) is 5.16 Å². The molecule has 0 atom stereocenters. The standard InChI is InChI=1S/C25H32N6O3S/c1-17-12-18(2)23(19(3)13-17)27-21(32)14-26-22(33)16-35-25-29-28-24(30-9-5-4-6-10-30)31(25)15-20-8-7-11-34-20/h7-8,11-13H,4-6,9-10,14-16H2,1-3H3,(H,26,33)(H,27,32). The molecule has 0 saturated carbocycles. The molecule has 0 radical (unpaired) electrons. The first-order valence-corrected chi connectivity index (χ1v) is 12.9. The molecule has 3 aromatic rings. The first-order chi connectivity index (χ1) is 16.9. The molecule has 2 aromatic heterocycles. The molecule has 0 unspecified atom stereocenters. The van der Waals surface area contributed by atoms with Crippen LogP contribution in [0.25, 0.3) is 0 Å². The average Bonchev–Trinajstić information content (AvgIpc) is 3.49. The van der Waals surface area contributed by atoms with E-state index in [-0.39, 0.29) is 24.1 Å². The fourth-order valence-electron chi connectivity index (χ4n) is 4.33. The second-order valence-electron chi connectivity index (χ2n) is 8.88. The SMILES string of the molecule is Cc1cc(C)c(NC(=O)CNC(=O)CSc2nnc(N3CCCCC3)n2Cc2ccco2)c(C)c1. The van der Waals surface area contributed by atoms with Crippen LogP contribution in [-0.4, -0.2) is 52.0 Å². The summed E-state index contributed by atoms with van der Waals surface area (Å²) in [7, 11) is 0. The van der Waals surface area contributed by atoms with Crippen LogP contribution in [0, 0.1) is 20.8 Å². The third kappa shape index (κ3) is 6.45. The highest BCUT2D eigenvalue weighted by molar-refractivity contribution is 7.99. The van der Waals surface area contributed by atoms with Gasteiger partial charge < -0.3 is 20.0 Å². The smallest absolute Gasteiger partial charge is 0.243 e. The normalized spacial score (nSPS) is 13.6. The van der Waals surface area contributed by atoms with Gasteiger partial charge in [0.05, 0.1) is 25.1 Å². The zero-order valence-electron chi connectivity index (χ0n) is 20.5. The van der Waals surface area contributed by atoms with Crippen LogP contribution in [0.3, 0.4) is 0 Å². The van der Waals surface area contributed by atoms with Crippen LogP contribution in [0.2, 0.25) is 0 Å². The lowest BCUT2D eigenvalue weighted by Gasteiger charge is -2.27. The molecule has 1 fully saturated rings. The summed E-state index contributed by atoms with van der Waals surface area (Å²) in [4.78, 5) is 27.1. The van der Waals surface area contributed by atoms with Crippen LogP contribution in [0.15, 0.2) is 40.1 Å². The Morgan fingerprint density at radius 1 is 1.06 bits per heavy atom. The number of hydrogen-bond donors (Lipinski definition) is 2. The van der Waals surface area contributed by atoms with Gasteiger partial charge in [-0.2, -0.15) is 0 Å². The molecule has 0 aliphatic carbocycles. The van der Waals surface area contributed by atoms with Crippen molar-refractivity contribution < 1.29 is 14.0 Å². The number of nitrogens with one attached hydrogen (secondary N) is 2. The van der Waals surface area contributed by atoms with Crippen molar-refractivity contribution in [2.45, 2.75) is 51.7 Å². The molecule has 0 spiro atoms. The number of carbonyl (C=O) groups is 2. The number of hydrogen-bond acceptors (Lipinski definition) is 7. The minimum atomic E-state index is -0.258. The molecule has 1 aliphatic rings. The molecule has 3 heterocycles. The largest absolute Gasteiger partial charge is 0.467 e. The van der Waals surface area contributed by atoms with Gasteiger partial charge in [0.1, 0.15) is 5.76 Å². The second kappa shape index (κ2) is 11.4. The third-order valence-electron chi connectivity index (χ3n) is 5.95. The monoisotopic (exact) mass is 496 g/mol. The van der Waals surface area contributed by atoms with Crippen molar-refractivity contribution in [1.29, 1.82) is 0 Å². The van der Waals surface area contributed by atoms with Gasteiger partial charge in [-0.1, -0.05) is 29.5 Å². The molecule has 1 saturated heterocycles. The number of furan rings is 1. The number of benzene rings is 1. The minimum Gasteiger partial charge on any atom is -0.467 e. The van der Waals surface area contributed by atoms with Gasteiger partial charge in [-0.3, -0.25) is 14.2 Å². The second-order valence-corrected chi connectivity index (χ2v) is 9.83. The summed E-state index contributed by atoms with van der Waals surface area (Å²) in [6.45, 7) is 8.23. The highest BCUT2D eigenvalue weighted by atomic mass is 32.2. The molecule has 9 nitrogen and oxygen atoms in total. The average molecular weight is 497 g/mol. The molecular formula is C25H32N6O3S. The number of nitrogens with zero attached hydrogens (tertiary/aromatic N) is 4. The van der Waals surface area contributed by atoms with Crippen LogP contribution >= 0.6 is 11.8 Å². The quantitative estimate of drug-likeness (QED) is 0.435. The van der Waals surface area contributed by atoms with E-state index in [2.05, 4.69) is 25.7 Å². The van der Waals surface area contributed by atoms with Crippen molar-refractivity contribution >= 4 is 35.2 Å². The van der Waals surface area contributed by atoms with E-state index in [1.807, 2.05) is 49.6 Å². The molecule has 4 rings (SSSR count). The van der Waals surface area contributed by atoms with E-state index >= 15 is 0 Å². The topological polar surface area (TPSA) is 105 Å². The summed E-state index contributed by atoms with van der Waals surface area (Å²) >= 11 is 1.30. The Morgan fingerprint density at radius 3 is 2.49 bits per heavy atom. The van der Waals surface area contributed by atoms with E-state index in [4.69, 9.17) is 4.42 Å². The van der Waals surface area contributed by atoms with E-state index in [1.54, 1.807) is 6.26 Å². The summed E-state index contributed by atoms with van der Waals surface area (Å²) in [6, 6.07) is 7.81. The van der Waals surface area contributed by atoms with E-state index < -0.39 is 0 Å². The van der Waals surface area contributed by atoms with E-state index in [0.29, 0.717) is 11.7 Å². The van der Waals surface area contributed by atoms with Crippen LogP contribution < -0.4 is 15.5 Å². The van der Waals surface area contributed by atoms with Crippen LogP contribution in [0.1, 0.15) is 41.7 Å². The maximum atomic E-state index is 12.5. The fraction of sp³-hybridized carbons (Fsp3) is 0.440. The van der Waals surface area contributed by atoms with Gasteiger partial charge in [-0.05, 0) is 63.3 Å². The van der Waals surface area contributed by atoms with E-state index in [0.717, 1.165) is 60.0 Å². The third-order valence-corrected chi connectivity index (χ3v) is 6.92. The molecule has 10 heteroatoms. The molecule has 35 heavy (non-hydrogen) atoms. The van der Waals surface area contributed by atoms with E-state index in [1.165, 1.54) is 18.2 Å². The van der Waals surface area contributed by atoms with Gasteiger partial charge in [-0.25, -0.2) is 0 Å². The highest BCUT2D eigenvalue weighted by Crippen LogP contribution is 2.26. The van der Waals surface area contributed by atoms with Crippen molar-refractivity contribution in [2.75, 3.05) is 35.6 Å². The number of anilines is 2. The Balaban J connectivity index is 1.34. The summed E-state index contributed by atoms with van der Waals surface area (Å²) in [6.07, 6.45) is 5.12. The molecular weight excluding hydrogens is 464 g/mol. The van der Waals surface area contributed by atoms with Crippen molar-refractivity contribution in [2.24, 2.45) is 0 Å². The number of aryl methyl sites for hydroxylation is 3. The summed E-state index contributed by atoms with van der Waals surface area (Å²) < 4.78 is 7.54. The highest BCUT2D eigenvalue weighted by Gasteiger charge is 2.22. The maximum Gasteiger partial charge on any atom is 0.243 e. The van der Waals surface area contributed by atoms with Crippen molar-refractivity contribution in [3.8, 4) is 0 Å². The van der Waals surface area contributed by atoms with Crippen molar-refractivity contribution in [1.82, 2.24) is 20.1 Å². The van der Waals surface area contributed by atoms with Gasteiger partial charge in [0.25, 0.3) is 0 Å². The van der Waals surface area contributed by atoms with Gasteiger partial charge >= 0.3 is 0 Å². The minimum absolute atomic E-state index is 0.0930. The number of rotatable bonds is 9. The lowest BCUT2D eigenvalue weighted by atomic mass is 10.1. The lowest BCUT2D eigenvalue weighted by Crippen LogP contribution is -2.34. The zero-order valence-corrected chi connectivity index (χ0v) is 21.3. The number of amides is 2. The molecule has 186 valence electrons. The first kappa shape index (κ1) is 24.8. The van der Waals surface area contributed by atoms with Gasteiger partial charge in [0, 0.05) is 18.8 Å². The number of piperidine rings is 1. The Morgan fingerprint density at radius 2 is 1.80 bits per heavy atom. The van der Waals surface area contributed by atoms with Crippen molar-refractivity contribution in [3.05, 3.63) is 53.0 Å².